The standard InChI is InChI=1S/C17H15FN6O2/c18-16-9-17(10-16,11-16)23-6-5-22(14(25)15(23)26)8-12-1-2-13(7-19-12)24-4-3-20-21-24/h1-7H,8-11H2. The number of nitrogens with zero attached hydrogens (tertiary/aromatic N) is 6. The SMILES string of the molecule is O=c1c(=O)n(C23CC(F)(C2)C3)ccn1Cc1ccc(-n2ccnn2)cn1. The minimum Gasteiger partial charge on any atom is -0.303 e. The van der Waals surface area contributed by atoms with Crippen molar-refractivity contribution in [3.63, 3.8) is 0 Å². The van der Waals surface area contributed by atoms with Gasteiger partial charge in [-0.25, -0.2) is 9.07 Å². The predicted octanol–water partition coefficient (Wildman–Crippen LogP) is 0.635. The van der Waals surface area contributed by atoms with Gasteiger partial charge in [0.2, 0.25) is 0 Å². The number of alkyl halides is 1. The highest BCUT2D eigenvalue weighted by Gasteiger charge is 2.70. The van der Waals surface area contributed by atoms with Crippen LogP contribution in [0.3, 0.4) is 0 Å². The van der Waals surface area contributed by atoms with Gasteiger partial charge in [0.1, 0.15) is 5.67 Å². The van der Waals surface area contributed by atoms with Crippen molar-refractivity contribution in [2.24, 2.45) is 0 Å². The summed E-state index contributed by atoms with van der Waals surface area (Å²) in [7, 11) is 0. The molecule has 0 saturated heterocycles. The Labute approximate surface area is 146 Å². The van der Waals surface area contributed by atoms with Crippen LogP contribution in [-0.2, 0) is 12.1 Å². The van der Waals surface area contributed by atoms with Gasteiger partial charge < -0.3 is 9.13 Å². The van der Waals surface area contributed by atoms with Gasteiger partial charge in [0, 0.05) is 31.7 Å². The van der Waals surface area contributed by atoms with Crippen molar-refractivity contribution in [2.45, 2.75) is 37.0 Å². The lowest BCUT2D eigenvalue weighted by Gasteiger charge is -2.65. The predicted molar refractivity (Wildman–Crippen MR) is 88.9 cm³/mol. The molecule has 0 unspecified atom stereocenters. The summed E-state index contributed by atoms with van der Waals surface area (Å²) in [5, 5.41) is 7.62. The van der Waals surface area contributed by atoms with E-state index in [-0.39, 0.29) is 6.54 Å². The van der Waals surface area contributed by atoms with Gasteiger partial charge in [-0.3, -0.25) is 14.6 Å². The molecule has 3 aliphatic carbocycles. The van der Waals surface area contributed by atoms with Gasteiger partial charge in [0.05, 0.1) is 42.1 Å². The Bertz CT molecular complexity index is 1080. The molecule has 6 rings (SSSR count). The summed E-state index contributed by atoms with van der Waals surface area (Å²) in [6.07, 6.45) is 9.04. The van der Waals surface area contributed by atoms with Crippen molar-refractivity contribution < 1.29 is 4.39 Å². The summed E-state index contributed by atoms with van der Waals surface area (Å²) in [5.74, 6) is 0. The first kappa shape index (κ1) is 15.2. The fraction of sp³-hybridized carbons (Fsp3) is 0.353. The topological polar surface area (TPSA) is 87.6 Å². The first-order valence-electron chi connectivity index (χ1n) is 8.31. The van der Waals surface area contributed by atoms with Gasteiger partial charge in [-0.15, -0.1) is 5.10 Å². The van der Waals surface area contributed by atoms with E-state index in [1.54, 1.807) is 41.7 Å². The molecule has 0 aliphatic heterocycles. The lowest BCUT2D eigenvalue weighted by atomic mass is 9.47. The van der Waals surface area contributed by atoms with E-state index in [1.807, 2.05) is 6.07 Å². The van der Waals surface area contributed by atoms with E-state index < -0.39 is 22.3 Å². The van der Waals surface area contributed by atoms with Crippen LogP contribution in [0.25, 0.3) is 5.69 Å². The van der Waals surface area contributed by atoms with E-state index in [9.17, 15) is 14.0 Å². The van der Waals surface area contributed by atoms with Crippen LogP contribution in [0.15, 0.2) is 52.7 Å². The maximum Gasteiger partial charge on any atom is 0.316 e. The van der Waals surface area contributed by atoms with Gasteiger partial charge in [-0.05, 0) is 12.1 Å². The molecule has 0 radical (unpaired) electrons. The van der Waals surface area contributed by atoms with Crippen molar-refractivity contribution in [3.05, 3.63) is 69.5 Å². The van der Waals surface area contributed by atoms with Gasteiger partial charge in [-0.2, -0.15) is 0 Å². The van der Waals surface area contributed by atoms with E-state index in [2.05, 4.69) is 15.3 Å². The molecule has 3 aromatic heterocycles. The lowest BCUT2D eigenvalue weighted by Crippen LogP contribution is -2.72. The van der Waals surface area contributed by atoms with Crippen LogP contribution in [0.5, 0.6) is 0 Å². The van der Waals surface area contributed by atoms with Crippen LogP contribution in [0.4, 0.5) is 4.39 Å². The van der Waals surface area contributed by atoms with Gasteiger partial charge >= 0.3 is 11.1 Å². The van der Waals surface area contributed by atoms with Crippen LogP contribution in [0.2, 0.25) is 0 Å². The Morgan fingerprint density at radius 1 is 1.08 bits per heavy atom. The fourth-order valence-corrected chi connectivity index (χ4v) is 4.04. The van der Waals surface area contributed by atoms with Gasteiger partial charge in [0.15, 0.2) is 0 Å². The summed E-state index contributed by atoms with van der Waals surface area (Å²) in [6.45, 7) is 0.187. The zero-order chi connectivity index (χ0) is 17.9. The minimum absolute atomic E-state index is 0.187. The van der Waals surface area contributed by atoms with Crippen molar-refractivity contribution in [1.29, 1.82) is 0 Å². The third-order valence-electron chi connectivity index (χ3n) is 5.34. The second-order valence-electron chi connectivity index (χ2n) is 7.17. The summed E-state index contributed by atoms with van der Waals surface area (Å²) in [6, 6.07) is 3.58. The first-order chi connectivity index (χ1) is 12.5. The van der Waals surface area contributed by atoms with Crippen molar-refractivity contribution in [3.8, 4) is 5.69 Å². The van der Waals surface area contributed by atoms with E-state index >= 15 is 0 Å². The Hall–Kier alpha value is -3.10. The Morgan fingerprint density at radius 3 is 2.50 bits per heavy atom. The molecule has 3 heterocycles. The normalized spacial score (nSPS) is 26.2. The number of hydrogen-bond acceptors (Lipinski definition) is 5. The molecule has 2 bridgehead atoms. The summed E-state index contributed by atoms with van der Waals surface area (Å²) < 4.78 is 18.0. The number of rotatable bonds is 4. The molecular weight excluding hydrogens is 339 g/mol. The van der Waals surface area contributed by atoms with Crippen molar-refractivity contribution >= 4 is 0 Å². The minimum atomic E-state index is -1.12. The molecule has 3 aromatic rings. The maximum atomic E-state index is 13.7. The highest BCUT2D eigenvalue weighted by atomic mass is 19.1. The molecular formula is C17H15FN6O2. The number of halogens is 1. The molecule has 8 nitrogen and oxygen atoms in total. The Balaban J connectivity index is 1.40. The molecule has 3 saturated carbocycles. The van der Waals surface area contributed by atoms with Crippen LogP contribution in [0, 0.1) is 0 Å². The molecule has 3 fully saturated rings. The Morgan fingerprint density at radius 2 is 1.88 bits per heavy atom. The van der Waals surface area contributed by atoms with E-state index in [1.165, 1.54) is 9.13 Å². The lowest BCUT2D eigenvalue weighted by molar-refractivity contribution is -0.199. The molecule has 9 heteroatoms. The monoisotopic (exact) mass is 354 g/mol. The molecule has 0 spiro atoms. The largest absolute Gasteiger partial charge is 0.316 e. The zero-order valence-electron chi connectivity index (χ0n) is 13.7. The molecule has 0 aromatic carbocycles. The fourth-order valence-electron chi connectivity index (χ4n) is 4.04. The smallest absolute Gasteiger partial charge is 0.303 e. The average Bonchev–Trinajstić information content (AvgIpc) is 3.11. The highest BCUT2D eigenvalue weighted by molar-refractivity contribution is 5.28. The summed E-state index contributed by atoms with van der Waals surface area (Å²) in [5.41, 5.74) is -1.44. The molecule has 132 valence electrons. The first-order valence-corrected chi connectivity index (χ1v) is 8.31. The number of aromatic nitrogens is 6. The maximum absolute atomic E-state index is 13.7. The van der Waals surface area contributed by atoms with E-state index in [0.717, 1.165) is 5.69 Å². The molecule has 26 heavy (non-hydrogen) atoms. The molecule has 3 aliphatic rings. The van der Waals surface area contributed by atoms with Gasteiger partial charge in [0.25, 0.3) is 0 Å². The second-order valence-corrected chi connectivity index (χ2v) is 7.17. The zero-order valence-corrected chi connectivity index (χ0v) is 13.7. The van der Waals surface area contributed by atoms with Crippen LogP contribution in [-0.4, -0.2) is 34.8 Å². The summed E-state index contributed by atoms with van der Waals surface area (Å²) >= 11 is 0. The van der Waals surface area contributed by atoms with E-state index in [4.69, 9.17) is 0 Å². The quantitative estimate of drug-likeness (QED) is 0.642. The van der Waals surface area contributed by atoms with Crippen LogP contribution in [0.1, 0.15) is 25.0 Å². The van der Waals surface area contributed by atoms with Gasteiger partial charge in [-0.1, -0.05) is 5.21 Å². The molecule has 0 atom stereocenters. The highest BCUT2D eigenvalue weighted by Crippen LogP contribution is 2.66. The van der Waals surface area contributed by atoms with Crippen molar-refractivity contribution in [2.75, 3.05) is 0 Å². The van der Waals surface area contributed by atoms with Crippen LogP contribution >= 0.6 is 0 Å². The van der Waals surface area contributed by atoms with Crippen LogP contribution < -0.4 is 11.1 Å². The number of hydrogen-bond donors (Lipinski definition) is 0. The Kier molecular flexibility index (Phi) is 2.90. The van der Waals surface area contributed by atoms with Crippen molar-refractivity contribution in [1.82, 2.24) is 29.1 Å². The molecule has 0 N–H and O–H groups in total. The average molecular weight is 354 g/mol. The number of pyridine rings is 1. The second kappa shape index (κ2) is 4.96. The third-order valence-corrected chi connectivity index (χ3v) is 5.34. The third kappa shape index (κ3) is 2.09. The van der Waals surface area contributed by atoms with E-state index in [0.29, 0.717) is 25.0 Å². The summed E-state index contributed by atoms with van der Waals surface area (Å²) in [4.78, 5) is 29.2. The molecule has 0 amide bonds.